The smallest absolute Gasteiger partial charge is 0.123 e. The number of benzene rings is 1. The van der Waals surface area contributed by atoms with Crippen LogP contribution in [0.5, 0.6) is 0 Å². The Balaban J connectivity index is 1.60. The molecule has 0 unspecified atom stereocenters. The molecule has 94 valence electrons. The molecule has 1 N–H and O–H groups in total. The van der Waals surface area contributed by atoms with Crippen molar-refractivity contribution in [3.8, 4) is 0 Å². The number of nitrogens with zero attached hydrogens (tertiary/aromatic N) is 3. The molecule has 0 aliphatic heterocycles. The van der Waals surface area contributed by atoms with Crippen molar-refractivity contribution in [2.45, 2.75) is 32.0 Å². The highest BCUT2D eigenvalue weighted by atomic mass is 19.1. The van der Waals surface area contributed by atoms with Gasteiger partial charge in [0.15, 0.2) is 0 Å². The number of nitrogens with one attached hydrogen (secondary N) is 1. The normalized spacial score (nSPS) is 14.9. The molecule has 2 aromatic rings. The molecule has 1 saturated carbocycles. The Morgan fingerprint density at radius 1 is 1.28 bits per heavy atom. The highest BCUT2D eigenvalue weighted by Crippen LogP contribution is 2.18. The van der Waals surface area contributed by atoms with Crippen LogP contribution < -0.4 is 5.32 Å². The first kappa shape index (κ1) is 11.3. The van der Waals surface area contributed by atoms with Crippen molar-refractivity contribution in [1.82, 2.24) is 20.3 Å². The van der Waals surface area contributed by atoms with Crippen LogP contribution in [-0.4, -0.2) is 21.0 Å². The molecular formula is C13H15FN4. The van der Waals surface area contributed by atoms with Gasteiger partial charge in [0.25, 0.3) is 0 Å². The largest absolute Gasteiger partial charge is 0.308 e. The van der Waals surface area contributed by atoms with Gasteiger partial charge >= 0.3 is 0 Å². The van der Waals surface area contributed by atoms with Crippen LogP contribution in [0.15, 0.2) is 30.5 Å². The molecule has 4 nitrogen and oxygen atoms in total. The van der Waals surface area contributed by atoms with Gasteiger partial charge in [0.2, 0.25) is 0 Å². The minimum atomic E-state index is -0.216. The van der Waals surface area contributed by atoms with E-state index in [2.05, 4.69) is 15.6 Å². The van der Waals surface area contributed by atoms with Gasteiger partial charge in [-0.05, 0) is 30.5 Å². The Morgan fingerprint density at radius 3 is 2.78 bits per heavy atom. The van der Waals surface area contributed by atoms with Crippen molar-refractivity contribution in [2.75, 3.05) is 0 Å². The van der Waals surface area contributed by atoms with Gasteiger partial charge in [-0.25, -0.2) is 9.07 Å². The molecular weight excluding hydrogens is 231 g/mol. The molecule has 1 aromatic carbocycles. The van der Waals surface area contributed by atoms with Crippen LogP contribution >= 0.6 is 0 Å². The van der Waals surface area contributed by atoms with Crippen LogP contribution in [0.25, 0.3) is 0 Å². The summed E-state index contributed by atoms with van der Waals surface area (Å²) in [5, 5.41) is 11.6. The van der Waals surface area contributed by atoms with Gasteiger partial charge in [-0.1, -0.05) is 17.3 Å². The van der Waals surface area contributed by atoms with Crippen LogP contribution in [0.2, 0.25) is 0 Å². The monoisotopic (exact) mass is 246 g/mol. The number of hydrogen-bond donors (Lipinski definition) is 1. The second kappa shape index (κ2) is 4.86. The maximum Gasteiger partial charge on any atom is 0.123 e. The number of aromatic nitrogens is 3. The van der Waals surface area contributed by atoms with Crippen LogP contribution in [-0.2, 0) is 13.1 Å². The molecule has 0 saturated heterocycles. The predicted octanol–water partition coefficient (Wildman–Crippen LogP) is 1.72. The van der Waals surface area contributed by atoms with Gasteiger partial charge in [-0.15, -0.1) is 5.10 Å². The van der Waals surface area contributed by atoms with E-state index in [1.54, 1.807) is 16.8 Å². The lowest BCUT2D eigenvalue weighted by atomic mass is 10.2. The lowest BCUT2D eigenvalue weighted by molar-refractivity contribution is 0.621. The lowest BCUT2D eigenvalue weighted by Crippen LogP contribution is -2.15. The quantitative estimate of drug-likeness (QED) is 0.873. The molecule has 0 radical (unpaired) electrons. The highest BCUT2D eigenvalue weighted by molar-refractivity contribution is 5.16. The van der Waals surface area contributed by atoms with E-state index in [4.69, 9.17) is 0 Å². The van der Waals surface area contributed by atoms with E-state index in [1.807, 2.05) is 6.20 Å². The van der Waals surface area contributed by atoms with Crippen LogP contribution in [0.3, 0.4) is 0 Å². The van der Waals surface area contributed by atoms with Gasteiger partial charge < -0.3 is 5.32 Å². The lowest BCUT2D eigenvalue weighted by Gasteiger charge is -2.00. The third kappa shape index (κ3) is 2.92. The molecule has 1 aliphatic carbocycles. The molecule has 1 aromatic heterocycles. The van der Waals surface area contributed by atoms with Crippen molar-refractivity contribution >= 4 is 0 Å². The van der Waals surface area contributed by atoms with Crippen molar-refractivity contribution in [2.24, 2.45) is 0 Å². The minimum absolute atomic E-state index is 0.216. The summed E-state index contributed by atoms with van der Waals surface area (Å²) in [5.74, 6) is -0.216. The van der Waals surface area contributed by atoms with E-state index in [0.717, 1.165) is 17.8 Å². The zero-order valence-electron chi connectivity index (χ0n) is 10.0. The molecule has 1 heterocycles. The van der Waals surface area contributed by atoms with E-state index < -0.39 is 0 Å². The van der Waals surface area contributed by atoms with Gasteiger partial charge in [0.05, 0.1) is 18.4 Å². The second-order valence-electron chi connectivity index (χ2n) is 4.69. The molecule has 18 heavy (non-hydrogen) atoms. The van der Waals surface area contributed by atoms with Crippen LogP contribution in [0.1, 0.15) is 24.1 Å². The van der Waals surface area contributed by atoms with E-state index in [1.165, 1.54) is 25.0 Å². The van der Waals surface area contributed by atoms with Gasteiger partial charge in [0.1, 0.15) is 5.82 Å². The predicted molar refractivity (Wildman–Crippen MR) is 65.4 cm³/mol. The fraction of sp³-hybridized carbons (Fsp3) is 0.385. The van der Waals surface area contributed by atoms with E-state index >= 15 is 0 Å². The third-order valence-electron chi connectivity index (χ3n) is 2.99. The first-order chi connectivity index (χ1) is 8.79. The summed E-state index contributed by atoms with van der Waals surface area (Å²) >= 11 is 0. The number of halogens is 1. The van der Waals surface area contributed by atoms with E-state index in [0.29, 0.717) is 12.6 Å². The van der Waals surface area contributed by atoms with Crippen molar-refractivity contribution in [3.05, 3.63) is 47.5 Å². The Hall–Kier alpha value is -1.75. The minimum Gasteiger partial charge on any atom is -0.308 e. The number of hydrogen-bond acceptors (Lipinski definition) is 3. The Kier molecular flexibility index (Phi) is 3.06. The first-order valence-corrected chi connectivity index (χ1v) is 6.16. The number of rotatable bonds is 5. The molecule has 0 spiro atoms. The second-order valence-corrected chi connectivity index (χ2v) is 4.69. The maximum atomic E-state index is 12.8. The zero-order chi connectivity index (χ0) is 12.4. The maximum absolute atomic E-state index is 12.8. The summed E-state index contributed by atoms with van der Waals surface area (Å²) < 4.78 is 14.5. The summed E-state index contributed by atoms with van der Waals surface area (Å²) in [6.07, 6.45) is 4.46. The molecule has 1 fully saturated rings. The van der Waals surface area contributed by atoms with Crippen molar-refractivity contribution in [3.63, 3.8) is 0 Å². The molecule has 3 rings (SSSR count). The summed E-state index contributed by atoms with van der Waals surface area (Å²) in [6.45, 7) is 1.39. The Bertz CT molecular complexity index is 516. The van der Waals surface area contributed by atoms with Crippen molar-refractivity contribution in [1.29, 1.82) is 0 Å². The molecule has 0 amide bonds. The Labute approximate surface area is 105 Å². The van der Waals surface area contributed by atoms with Crippen LogP contribution in [0, 0.1) is 5.82 Å². The fourth-order valence-electron chi connectivity index (χ4n) is 1.81. The molecule has 0 atom stereocenters. The summed E-state index contributed by atoms with van der Waals surface area (Å²) in [4.78, 5) is 0. The van der Waals surface area contributed by atoms with Gasteiger partial charge in [0, 0.05) is 12.6 Å². The average molecular weight is 246 g/mol. The Morgan fingerprint density at radius 2 is 2.06 bits per heavy atom. The topological polar surface area (TPSA) is 42.7 Å². The third-order valence-corrected chi connectivity index (χ3v) is 2.99. The fourth-order valence-corrected chi connectivity index (χ4v) is 1.81. The SMILES string of the molecule is Fc1ccc(Cn2cc(CNC3CC3)nn2)cc1. The van der Waals surface area contributed by atoms with Gasteiger partial charge in [-0.2, -0.15) is 0 Å². The summed E-state index contributed by atoms with van der Waals surface area (Å²) in [6, 6.07) is 7.12. The zero-order valence-corrected chi connectivity index (χ0v) is 10.0. The molecule has 0 bridgehead atoms. The summed E-state index contributed by atoms with van der Waals surface area (Å²) in [7, 11) is 0. The summed E-state index contributed by atoms with van der Waals surface area (Å²) in [5.41, 5.74) is 1.96. The van der Waals surface area contributed by atoms with Gasteiger partial charge in [-0.3, -0.25) is 0 Å². The van der Waals surface area contributed by atoms with Crippen LogP contribution in [0.4, 0.5) is 4.39 Å². The highest BCUT2D eigenvalue weighted by Gasteiger charge is 2.20. The average Bonchev–Trinajstić information content (AvgIpc) is 3.10. The molecule has 5 heteroatoms. The molecule has 1 aliphatic rings. The van der Waals surface area contributed by atoms with Crippen molar-refractivity contribution < 1.29 is 4.39 Å². The first-order valence-electron chi connectivity index (χ1n) is 6.16. The van der Waals surface area contributed by atoms with E-state index in [-0.39, 0.29) is 5.82 Å². The van der Waals surface area contributed by atoms with E-state index in [9.17, 15) is 4.39 Å². The standard InChI is InChI=1S/C13H15FN4/c14-11-3-1-10(2-4-11)8-18-9-13(16-17-18)7-15-12-5-6-12/h1-4,9,12,15H,5-8H2.